The molecule has 3 heterocycles. The van der Waals surface area contributed by atoms with E-state index in [0.717, 1.165) is 56.8 Å². The third kappa shape index (κ3) is 4.12. The number of rotatable bonds is 5. The molecule has 6 nitrogen and oxygen atoms in total. The molecule has 1 aromatic rings. The average molecular weight is 320 g/mol. The monoisotopic (exact) mass is 320 g/mol. The van der Waals surface area contributed by atoms with E-state index >= 15 is 0 Å². The Bertz CT molecular complexity index is 524. The number of hydrogen-bond donors (Lipinski definition) is 2. The van der Waals surface area contributed by atoms with Crippen LogP contribution in [0.1, 0.15) is 49.9 Å². The number of piperidine rings is 1. The van der Waals surface area contributed by atoms with Gasteiger partial charge in [0.05, 0.1) is 17.8 Å². The first kappa shape index (κ1) is 16.5. The van der Waals surface area contributed by atoms with Crippen LogP contribution in [0.3, 0.4) is 0 Å². The van der Waals surface area contributed by atoms with Crippen LogP contribution < -0.4 is 5.32 Å². The summed E-state index contributed by atoms with van der Waals surface area (Å²) in [6.07, 6.45) is 4.61. The maximum absolute atomic E-state index is 12.4. The smallest absolute Gasteiger partial charge is 0.237 e. The van der Waals surface area contributed by atoms with Crippen LogP contribution in [0.5, 0.6) is 0 Å². The van der Waals surface area contributed by atoms with Crippen molar-refractivity contribution in [1.29, 1.82) is 0 Å². The molecule has 6 heteroatoms. The lowest BCUT2D eigenvalue weighted by Gasteiger charge is -2.35. The van der Waals surface area contributed by atoms with Crippen LogP contribution in [0.4, 0.5) is 0 Å². The van der Waals surface area contributed by atoms with Crippen molar-refractivity contribution in [1.82, 2.24) is 20.4 Å². The van der Waals surface area contributed by atoms with E-state index in [1.165, 1.54) is 0 Å². The Labute approximate surface area is 138 Å². The zero-order valence-electron chi connectivity index (χ0n) is 14.2. The number of nitrogens with zero attached hydrogens (tertiary/aromatic N) is 2. The summed E-state index contributed by atoms with van der Waals surface area (Å²) in [5.74, 6) is 0.529. The summed E-state index contributed by atoms with van der Waals surface area (Å²) >= 11 is 0. The van der Waals surface area contributed by atoms with Crippen molar-refractivity contribution in [2.45, 2.75) is 57.6 Å². The van der Waals surface area contributed by atoms with Gasteiger partial charge in [0, 0.05) is 31.3 Å². The number of aromatic amines is 1. The zero-order valence-corrected chi connectivity index (χ0v) is 14.2. The normalized spacial score (nSPS) is 27.0. The molecule has 2 fully saturated rings. The second-order valence-electron chi connectivity index (χ2n) is 6.87. The number of likely N-dealkylation sites (tertiary alicyclic amines) is 1. The Morgan fingerprint density at radius 1 is 1.52 bits per heavy atom. The molecule has 2 aliphatic rings. The maximum Gasteiger partial charge on any atom is 0.237 e. The van der Waals surface area contributed by atoms with Gasteiger partial charge < -0.3 is 10.1 Å². The predicted octanol–water partition coefficient (Wildman–Crippen LogP) is 1.58. The predicted molar refractivity (Wildman–Crippen MR) is 88.3 cm³/mol. The number of amides is 1. The molecule has 0 unspecified atom stereocenters. The first-order chi connectivity index (χ1) is 11.1. The SMILES string of the molecule is Cc1cc([C@@H]2CCCN([C@@H](C)C(=O)NC[C@@H]3CCCO3)C2)n[nH]1. The van der Waals surface area contributed by atoms with Crippen molar-refractivity contribution in [3.8, 4) is 0 Å². The zero-order chi connectivity index (χ0) is 16.2. The summed E-state index contributed by atoms with van der Waals surface area (Å²) in [5, 5.41) is 10.5. The van der Waals surface area contributed by atoms with Crippen molar-refractivity contribution in [3.63, 3.8) is 0 Å². The van der Waals surface area contributed by atoms with Gasteiger partial charge in [0.25, 0.3) is 0 Å². The highest BCUT2D eigenvalue weighted by atomic mass is 16.5. The number of aryl methyl sites for hydroxylation is 1. The van der Waals surface area contributed by atoms with E-state index in [4.69, 9.17) is 4.74 Å². The van der Waals surface area contributed by atoms with Crippen LogP contribution in [0.2, 0.25) is 0 Å². The van der Waals surface area contributed by atoms with Gasteiger partial charge in [-0.15, -0.1) is 0 Å². The Balaban J connectivity index is 1.51. The number of carbonyl (C=O) groups excluding carboxylic acids is 1. The van der Waals surface area contributed by atoms with Gasteiger partial charge in [0.1, 0.15) is 0 Å². The van der Waals surface area contributed by atoms with E-state index in [2.05, 4.69) is 26.5 Å². The Morgan fingerprint density at radius 2 is 2.39 bits per heavy atom. The number of hydrogen-bond acceptors (Lipinski definition) is 4. The van der Waals surface area contributed by atoms with E-state index < -0.39 is 0 Å². The van der Waals surface area contributed by atoms with Crippen LogP contribution >= 0.6 is 0 Å². The summed E-state index contributed by atoms with van der Waals surface area (Å²) in [7, 11) is 0. The topological polar surface area (TPSA) is 70.2 Å². The molecular formula is C17H28N4O2. The van der Waals surface area contributed by atoms with Crippen LogP contribution in [0.25, 0.3) is 0 Å². The maximum atomic E-state index is 12.4. The van der Waals surface area contributed by atoms with Crippen molar-refractivity contribution in [2.75, 3.05) is 26.2 Å². The summed E-state index contributed by atoms with van der Waals surface area (Å²) < 4.78 is 5.57. The van der Waals surface area contributed by atoms with Gasteiger partial charge in [-0.1, -0.05) is 0 Å². The molecule has 3 atom stereocenters. The highest BCUT2D eigenvalue weighted by Crippen LogP contribution is 2.27. The second-order valence-corrected chi connectivity index (χ2v) is 6.87. The van der Waals surface area contributed by atoms with Crippen LogP contribution in [0, 0.1) is 6.92 Å². The van der Waals surface area contributed by atoms with E-state index in [-0.39, 0.29) is 18.1 Å². The van der Waals surface area contributed by atoms with E-state index in [1.807, 2.05) is 13.8 Å². The number of nitrogens with one attached hydrogen (secondary N) is 2. The number of H-pyrrole nitrogens is 1. The molecule has 2 N–H and O–H groups in total. The molecule has 23 heavy (non-hydrogen) atoms. The van der Waals surface area contributed by atoms with Gasteiger partial charge in [-0.3, -0.25) is 14.8 Å². The molecular weight excluding hydrogens is 292 g/mol. The van der Waals surface area contributed by atoms with Gasteiger partial charge in [-0.2, -0.15) is 5.10 Å². The second kappa shape index (κ2) is 7.45. The summed E-state index contributed by atoms with van der Waals surface area (Å²) in [6, 6.07) is 2.02. The fraction of sp³-hybridized carbons (Fsp3) is 0.765. The molecule has 0 spiro atoms. The Kier molecular flexibility index (Phi) is 5.33. The quantitative estimate of drug-likeness (QED) is 0.864. The molecule has 3 rings (SSSR count). The van der Waals surface area contributed by atoms with Crippen molar-refractivity contribution >= 4 is 5.91 Å². The number of ether oxygens (including phenoxy) is 1. The highest BCUT2D eigenvalue weighted by Gasteiger charge is 2.29. The lowest BCUT2D eigenvalue weighted by atomic mass is 9.93. The minimum Gasteiger partial charge on any atom is -0.376 e. The minimum atomic E-state index is -0.0979. The Morgan fingerprint density at radius 3 is 3.09 bits per heavy atom. The van der Waals surface area contributed by atoms with Crippen molar-refractivity contribution in [2.24, 2.45) is 0 Å². The van der Waals surface area contributed by atoms with Gasteiger partial charge in [-0.05, 0) is 52.1 Å². The molecule has 0 saturated carbocycles. The third-order valence-electron chi connectivity index (χ3n) is 5.05. The Hall–Kier alpha value is -1.40. The van der Waals surface area contributed by atoms with Gasteiger partial charge >= 0.3 is 0 Å². The fourth-order valence-electron chi connectivity index (χ4n) is 3.58. The summed E-state index contributed by atoms with van der Waals surface area (Å²) in [6.45, 7) is 7.38. The van der Waals surface area contributed by atoms with Gasteiger partial charge in [-0.25, -0.2) is 0 Å². The van der Waals surface area contributed by atoms with Crippen LogP contribution in [0.15, 0.2) is 6.07 Å². The third-order valence-corrected chi connectivity index (χ3v) is 5.05. The lowest BCUT2D eigenvalue weighted by Crippen LogP contribution is -2.49. The van der Waals surface area contributed by atoms with E-state index in [0.29, 0.717) is 12.5 Å². The largest absolute Gasteiger partial charge is 0.376 e. The van der Waals surface area contributed by atoms with E-state index in [9.17, 15) is 4.79 Å². The highest BCUT2D eigenvalue weighted by molar-refractivity contribution is 5.81. The van der Waals surface area contributed by atoms with E-state index in [1.54, 1.807) is 0 Å². The standard InChI is InChI=1S/C17H28N4O2/c1-12-9-16(20-19-12)14-5-3-7-21(11-14)13(2)17(22)18-10-15-6-4-8-23-15/h9,13-15H,3-8,10-11H2,1-2H3,(H,18,22)(H,19,20)/t13-,14+,15-/m0/s1. The van der Waals surface area contributed by atoms with Crippen molar-refractivity contribution < 1.29 is 9.53 Å². The average Bonchev–Trinajstić information content (AvgIpc) is 3.23. The van der Waals surface area contributed by atoms with Crippen LogP contribution in [-0.2, 0) is 9.53 Å². The fourth-order valence-corrected chi connectivity index (χ4v) is 3.58. The van der Waals surface area contributed by atoms with Gasteiger partial charge in [0.2, 0.25) is 5.91 Å². The summed E-state index contributed by atoms with van der Waals surface area (Å²) in [5.41, 5.74) is 2.22. The molecule has 1 amide bonds. The summed E-state index contributed by atoms with van der Waals surface area (Å²) in [4.78, 5) is 14.7. The molecule has 128 valence electrons. The number of carbonyl (C=O) groups is 1. The number of aromatic nitrogens is 2. The first-order valence-corrected chi connectivity index (χ1v) is 8.78. The molecule has 0 bridgehead atoms. The molecule has 2 aliphatic heterocycles. The molecule has 1 aromatic heterocycles. The minimum absolute atomic E-state index is 0.0979. The molecule has 0 aromatic carbocycles. The lowest BCUT2D eigenvalue weighted by molar-refractivity contribution is -0.126. The van der Waals surface area contributed by atoms with Crippen molar-refractivity contribution in [3.05, 3.63) is 17.5 Å². The molecule has 2 saturated heterocycles. The first-order valence-electron chi connectivity index (χ1n) is 8.78. The van der Waals surface area contributed by atoms with Crippen LogP contribution in [-0.4, -0.2) is 59.4 Å². The van der Waals surface area contributed by atoms with Gasteiger partial charge in [0.15, 0.2) is 0 Å². The molecule has 0 radical (unpaired) electrons. The molecule has 0 aliphatic carbocycles.